The predicted octanol–water partition coefficient (Wildman–Crippen LogP) is 1.92. The van der Waals surface area contributed by atoms with Gasteiger partial charge in [-0.15, -0.1) is 0 Å². The van der Waals surface area contributed by atoms with Gasteiger partial charge < -0.3 is 16.4 Å². The van der Waals surface area contributed by atoms with Gasteiger partial charge in [-0.05, 0) is 42.9 Å². The van der Waals surface area contributed by atoms with E-state index in [1.165, 1.54) is 24.0 Å². The van der Waals surface area contributed by atoms with Crippen LogP contribution in [-0.4, -0.2) is 24.8 Å². The van der Waals surface area contributed by atoms with Crippen LogP contribution < -0.4 is 11.5 Å². The molecule has 1 aromatic carbocycles. The van der Waals surface area contributed by atoms with Crippen molar-refractivity contribution in [3.63, 3.8) is 0 Å². The molecule has 0 heterocycles. The van der Waals surface area contributed by atoms with E-state index in [4.69, 9.17) is 11.5 Å². The Morgan fingerprint density at radius 2 is 1.95 bits per heavy atom. The fourth-order valence-corrected chi connectivity index (χ4v) is 2.32. The van der Waals surface area contributed by atoms with Crippen LogP contribution in [0.2, 0.25) is 0 Å². The van der Waals surface area contributed by atoms with Gasteiger partial charge in [-0.25, -0.2) is 4.99 Å². The maximum atomic E-state index is 5.94. The Hall–Kier alpha value is -1.97. The Labute approximate surface area is 114 Å². The third-order valence-electron chi connectivity index (χ3n) is 3.43. The molecule has 4 heteroatoms. The zero-order valence-electron chi connectivity index (χ0n) is 11.7. The number of benzene rings is 1. The standard InChI is InChI=1S/C15H22N4/c1-19(2)15(17)10-14(16)18-13-9-5-7-11-6-3-4-8-12(11)13/h5,7,9-10H,3-4,6,8,17H2,1-2H3,(H2,16,18)/b15-10+. The highest BCUT2D eigenvalue weighted by atomic mass is 15.1. The summed E-state index contributed by atoms with van der Waals surface area (Å²) < 4.78 is 0. The van der Waals surface area contributed by atoms with Crippen molar-refractivity contribution in [1.82, 2.24) is 4.90 Å². The van der Waals surface area contributed by atoms with Crippen LogP contribution >= 0.6 is 0 Å². The first-order valence-electron chi connectivity index (χ1n) is 6.67. The fraction of sp³-hybridized carbons (Fsp3) is 0.400. The summed E-state index contributed by atoms with van der Waals surface area (Å²) in [7, 11) is 3.76. The lowest BCUT2D eigenvalue weighted by molar-refractivity contribution is 0.506. The van der Waals surface area contributed by atoms with Crippen LogP contribution in [-0.2, 0) is 12.8 Å². The molecule has 0 saturated heterocycles. The van der Waals surface area contributed by atoms with Crippen molar-refractivity contribution in [1.29, 1.82) is 0 Å². The maximum absolute atomic E-state index is 5.94. The third kappa shape index (κ3) is 3.28. The molecule has 0 aliphatic heterocycles. The fourth-order valence-electron chi connectivity index (χ4n) is 2.32. The molecular formula is C15H22N4. The lowest BCUT2D eigenvalue weighted by Crippen LogP contribution is -2.22. The van der Waals surface area contributed by atoms with Gasteiger partial charge >= 0.3 is 0 Å². The van der Waals surface area contributed by atoms with Gasteiger partial charge in [-0.3, -0.25) is 0 Å². The van der Waals surface area contributed by atoms with Gasteiger partial charge in [0.15, 0.2) is 0 Å². The number of hydrogen-bond acceptors (Lipinski definition) is 3. The van der Waals surface area contributed by atoms with Crippen LogP contribution in [0, 0.1) is 0 Å². The van der Waals surface area contributed by atoms with Gasteiger partial charge in [-0.2, -0.15) is 0 Å². The van der Waals surface area contributed by atoms with Gasteiger partial charge in [-0.1, -0.05) is 12.1 Å². The molecule has 0 atom stereocenters. The molecule has 0 amide bonds. The first-order valence-corrected chi connectivity index (χ1v) is 6.67. The first kappa shape index (κ1) is 13.5. The van der Waals surface area contributed by atoms with Gasteiger partial charge in [0.25, 0.3) is 0 Å². The van der Waals surface area contributed by atoms with Crippen LogP contribution in [0.4, 0.5) is 5.69 Å². The Morgan fingerprint density at radius 3 is 2.68 bits per heavy atom. The highest BCUT2D eigenvalue weighted by Crippen LogP contribution is 2.29. The quantitative estimate of drug-likeness (QED) is 0.643. The normalized spacial score (nSPS) is 16.1. The summed E-state index contributed by atoms with van der Waals surface area (Å²) >= 11 is 0. The van der Waals surface area contributed by atoms with Gasteiger partial charge in [0.2, 0.25) is 0 Å². The van der Waals surface area contributed by atoms with Crippen LogP contribution in [0.5, 0.6) is 0 Å². The van der Waals surface area contributed by atoms with E-state index in [9.17, 15) is 0 Å². The molecule has 0 spiro atoms. The van der Waals surface area contributed by atoms with Crippen LogP contribution in [0.15, 0.2) is 35.1 Å². The molecule has 0 bridgehead atoms. The SMILES string of the molecule is CN(C)/C(N)=C/C(N)=Nc1cccc2c1CCCC2. The van der Waals surface area contributed by atoms with Crippen molar-refractivity contribution in [2.45, 2.75) is 25.7 Å². The van der Waals surface area contributed by atoms with Crippen LogP contribution in [0.1, 0.15) is 24.0 Å². The topological polar surface area (TPSA) is 67.6 Å². The summed E-state index contributed by atoms with van der Waals surface area (Å²) in [6, 6.07) is 6.26. The van der Waals surface area contributed by atoms with Gasteiger partial charge in [0.1, 0.15) is 11.7 Å². The number of hydrogen-bond donors (Lipinski definition) is 2. The first-order chi connectivity index (χ1) is 9.08. The zero-order chi connectivity index (χ0) is 13.8. The molecule has 0 aromatic heterocycles. The minimum absolute atomic E-state index is 0.449. The Kier molecular flexibility index (Phi) is 4.10. The number of nitrogens with two attached hydrogens (primary N) is 2. The summed E-state index contributed by atoms with van der Waals surface area (Å²) in [6.45, 7) is 0. The number of rotatable bonds is 3. The molecule has 0 saturated carbocycles. The Morgan fingerprint density at radius 1 is 1.21 bits per heavy atom. The number of amidine groups is 1. The molecule has 4 nitrogen and oxygen atoms in total. The van der Waals surface area contributed by atoms with E-state index < -0.39 is 0 Å². The molecule has 1 aromatic rings. The molecule has 19 heavy (non-hydrogen) atoms. The van der Waals surface area contributed by atoms with Crippen LogP contribution in [0.25, 0.3) is 0 Å². The van der Waals surface area contributed by atoms with E-state index in [1.54, 1.807) is 6.08 Å². The number of fused-ring (bicyclic) bond motifs is 1. The van der Waals surface area contributed by atoms with E-state index in [0.29, 0.717) is 11.7 Å². The summed E-state index contributed by atoms with van der Waals surface area (Å²) in [5.41, 5.74) is 15.5. The Bertz CT molecular complexity index is 515. The average Bonchev–Trinajstić information content (AvgIpc) is 2.39. The predicted molar refractivity (Wildman–Crippen MR) is 80.3 cm³/mol. The molecule has 102 valence electrons. The average molecular weight is 258 g/mol. The highest BCUT2D eigenvalue weighted by molar-refractivity contribution is 5.94. The van der Waals surface area contributed by atoms with E-state index in [0.717, 1.165) is 18.5 Å². The molecular weight excluding hydrogens is 236 g/mol. The minimum atomic E-state index is 0.449. The Balaban J connectivity index is 2.30. The number of aryl methyl sites for hydroxylation is 1. The molecule has 0 radical (unpaired) electrons. The van der Waals surface area contributed by atoms with E-state index in [2.05, 4.69) is 17.1 Å². The lowest BCUT2D eigenvalue weighted by atomic mass is 9.90. The molecule has 2 rings (SSSR count). The monoisotopic (exact) mass is 258 g/mol. The summed E-state index contributed by atoms with van der Waals surface area (Å²) in [5.74, 6) is 1.05. The number of nitrogens with zero attached hydrogens (tertiary/aromatic N) is 2. The smallest absolute Gasteiger partial charge is 0.127 e. The second-order valence-corrected chi connectivity index (χ2v) is 5.12. The maximum Gasteiger partial charge on any atom is 0.127 e. The van der Waals surface area contributed by atoms with Crippen molar-refractivity contribution in [3.8, 4) is 0 Å². The van der Waals surface area contributed by atoms with Crippen molar-refractivity contribution in [2.75, 3.05) is 14.1 Å². The van der Waals surface area contributed by atoms with Gasteiger partial charge in [0.05, 0.1) is 5.69 Å². The van der Waals surface area contributed by atoms with Gasteiger partial charge in [0, 0.05) is 20.2 Å². The molecule has 1 aliphatic carbocycles. The lowest BCUT2D eigenvalue weighted by Gasteiger charge is -2.17. The van der Waals surface area contributed by atoms with Crippen molar-refractivity contribution < 1.29 is 0 Å². The van der Waals surface area contributed by atoms with Crippen molar-refractivity contribution >= 4 is 11.5 Å². The molecule has 0 fully saturated rings. The van der Waals surface area contributed by atoms with E-state index >= 15 is 0 Å². The summed E-state index contributed by atoms with van der Waals surface area (Å²) in [6.07, 6.45) is 6.43. The second kappa shape index (κ2) is 5.78. The zero-order valence-corrected chi connectivity index (χ0v) is 11.7. The minimum Gasteiger partial charge on any atom is -0.385 e. The van der Waals surface area contributed by atoms with Crippen molar-refractivity contribution in [3.05, 3.63) is 41.2 Å². The summed E-state index contributed by atoms with van der Waals surface area (Å²) in [5, 5.41) is 0. The third-order valence-corrected chi connectivity index (χ3v) is 3.43. The van der Waals surface area contributed by atoms with Crippen molar-refractivity contribution in [2.24, 2.45) is 16.5 Å². The van der Waals surface area contributed by atoms with E-state index in [1.807, 2.05) is 25.1 Å². The largest absolute Gasteiger partial charge is 0.385 e. The van der Waals surface area contributed by atoms with E-state index in [-0.39, 0.29) is 0 Å². The molecule has 0 unspecified atom stereocenters. The molecule has 1 aliphatic rings. The highest BCUT2D eigenvalue weighted by Gasteiger charge is 2.12. The number of aliphatic imine (C=N–C) groups is 1. The molecule has 4 N–H and O–H groups in total. The van der Waals surface area contributed by atoms with Crippen LogP contribution in [0.3, 0.4) is 0 Å². The second-order valence-electron chi connectivity index (χ2n) is 5.12. The summed E-state index contributed by atoms with van der Waals surface area (Å²) in [4.78, 5) is 6.31.